The molecule has 112 valence electrons. The third-order valence-corrected chi connectivity index (χ3v) is 4.38. The molecule has 21 heavy (non-hydrogen) atoms. The van der Waals surface area contributed by atoms with Crippen LogP contribution < -0.4 is 4.90 Å². The van der Waals surface area contributed by atoms with E-state index >= 15 is 0 Å². The normalized spacial score (nSPS) is 10.9. The number of aromatic nitrogens is 1. The summed E-state index contributed by atoms with van der Waals surface area (Å²) >= 11 is 1.49. The Morgan fingerprint density at radius 2 is 2.00 bits per heavy atom. The number of unbranched alkanes of at least 4 members (excludes halogenated alkanes) is 1. The lowest BCUT2D eigenvalue weighted by atomic mass is 10.1. The molecular weight excluding hydrogens is 280 g/mol. The van der Waals surface area contributed by atoms with E-state index in [0.29, 0.717) is 0 Å². The van der Waals surface area contributed by atoms with Crippen LogP contribution >= 0.6 is 11.3 Å². The summed E-state index contributed by atoms with van der Waals surface area (Å²) in [6.45, 7) is 7.25. The van der Waals surface area contributed by atoms with Crippen molar-refractivity contribution in [3.63, 3.8) is 0 Å². The maximum atomic E-state index is 11.3. The average molecular weight is 302 g/mol. The molecule has 1 aromatic heterocycles. The number of hydrogen-bond donors (Lipinski definition) is 0. The van der Waals surface area contributed by atoms with Crippen LogP contribution in [0.5, 0.6) is 0 Å². The Morgan fingerprint density at radius 3 is 2.52 bits per heavy atom. The Balaban J connectivity index is 2.39. The van der Waals surface area contributed by atoms with E-state index in [1.165, 1.54) is 11.3 Å². The second-order valence-electron chi connectivity index (χ2n) is 5.36. The van der Waals surface area contributed by atoms with Crippen LogP contribution in [0.4, 0.5) is 10.8 Å². The molecule has 0 unspecified atom stereocenters. The molecule has 1 heterocycles. The molecule has 1 aromatic carbocycles. The molecule has 0 saturated carbocycles. The SMILES string of the molecule is CCCCN(c1ccccc1)c1nc(C(C)C)c(C=O)s1. The van der Waals surface area contributed by atoms with E-state index < -0.39 is 0 Å². The van der Waals surface area contributed by atoms with Crippen molar-refractivity contribution in [3.05, 3.63) is 40.9 Å². The average Bonchev–Trinajstić information content (AvgIpc) is 2.93. The fourth-order valence-corrected chi connectivity index (χ4v) is 3.29. The Kier molecular flexibility index (Phi) is 5.51. The molecule has 0 radical (unpaired) electrons. The predicted molar refractivity (Wildman–Crippen MR) is 89.9 cm³/mol. The number of carbonyl (C=O) groups excluding carboxylic acids is 1. The van der Waals surface area contributed by atoms with Crippen molar-refractivity contribution >= 4 is 28.4 Å². The van der Waals surface area contributed by atoms with Crippen molar-refractivity contribution in [2.75, 3.05) is 11.4 Å². The van der Waals surface area contributed by atoms with Gasteiger partial charge in [0.2, 0.25) is 0 Å². The van der Waals surface area contributed by atoms with Gasteiger partial charge in [-0.05, 0) is 24.5 Å². The van der Waals surface area contributed by atoms with E-state index in [1.807, 2.05) is 18.2 Å². The molecular formula is C17H22N2OS. The van der Waals surface area contributed by atoms with Crippen LogP contribution in [-0.2, 0) is 0 Å². The predicted octanol–water partition coefficient (Wildman–Crippen LogP) is 5.02. The lowest BCUT2D eigenvalue weighted by Gasteiger charge is -2.21. The number of rotatable bonds is 7. The van der Waals surface area contributed by atoms with Crippen molar-refractivity contribution < 1.29 is 4.79 Å². The van der Waals surface area contributed by atoms with Crippen LogP contribution in [-0.4, -0.2) is 17.8 Å². The second-order valence-corrected chi connectivity index (χ2v) is 6.37. The highest BCUT2D eigenvalue weighted by molar-refractivity contribution is 7.17. The highest BCUT2D eigenvalue weighted by Gasteiger charge is 2.18. The lowest BCUT2D eigenvalue weighted by Crippen LogP contribution is -2.18. The van der Waals surface area contributed by atoms with Crippen molar-refractivity contribution in [2.45, 2.75) is 39.5 Å². The van der Waals surface area contributed by atoms with Gasteiger partial charge < -0.3 is 4.90 Å². The monoisotopic (exact) mass is 302 g/mol. The summed E-state index contributed by atoms with van der Waals surface area (Å²) in [6.07, 6.45) is 3.16. The molecule has 0 N–H and O–H groups in total. The van der Waals surface area contributed by atoms with Gasteiger partial charge in [-0.1, -0.05) is 56.7 Å². The standard InChI is InChI=1S/C17H22N2OS/c1-4-5-11-19(14-9-7-6-8-10-14)17-18-16(13(2)3)15(12-20)21-17/h6-10,12-13H,4-5,11H2,1-3H3. The number of hydrogen-bond acceptors (Lipinski definition) is 4. The minimum absolute atomic E-state index is 0.263. The third-order valence-electron chi connectivity index (χ3n) is 3.36. The van der Waals surface area contributed by atoms with Gasteiger partial charge >= 0.3 is 0 Å². The number of para-hydroxylation sites is 1. The fourth-order valence-electron chi connectivity index (χ4n) is 2.20. The molecule has 0 atom stereocenters. The quantitative estimate of drug-likeness (QED) is 0.673. The van der Waals surface area contributed by atoms with E-state index in [0.717, 1.165) is 47.1 Å². The Labute approximate surface area is 130 Å². The molecule has 0 aliphatic carbocycles. The smallest absolute Gasteiger partial charge is 0.190 e. The summed E-state index contributed by atoms with van der Waals surface area (Å²) in [5.74, 6) is 0.263. The zero-order valence-corrected chi connectivity index (χ0v) is 13.7. The highest BCUT2D eigenvalue weighted by Crippen LogP contribution is 2.33. The van der Waals surface area contributed by atoms with E-state index in [4.69, 9.17) is 4.98 Å². The topological polar surface area (TPSA) is 33.2 Å². The van der Waals surface area contributed by atoms with Crippen LogP contribution in [0.15, 0.2) is 30.3 Å². The first-order chi connectivity index (χ1) is 10.2. The summed E-state index contributed by atoms with van der Waals surface area (Å²) in [5.41, 5.74) is 2.04. The fraction of sp³-hybridized carbons (Fsp3) is 0.412. The summed E-state index contributed by atoms with van der Waals surface area (Å²) < 4.78 is 0. The Hall–Kier alpha value is -1.68. The van der Waals surface area contributed by atoms with Gasteiger partial charge in [-0.25, -0.2) is 4.98 Å². The highest BCUT2D eigenvalue weighted by atomic mass is 32.1. The number of anilines is 2. The van der Waals surface area contributed by atoms with Crippen molar-refractivity contribution in [1.82, 2.24) is 4.98 Å². The number of aldehydes is 1. The summed E-state index contributed by atoms with van der Waals surface area (Å²) in [6, 6.07) is 10.3. The van der Waals surface area contributed by atoms with Crippen molar-refractivity contribution in [2.24, 2.45) is 0 Å². The van der Waals surface area contributed by atoms with Gasteiger partial charge in [-0.3, -0.25) is 4.79 Å². The van der Waals surface area contributed by atoms with Crippen LogP contribution in [0.2, 0.25) is 0 Å². The number of nitrogens with zero attached hydrogens (tertiary/aromatic N) is 2. The molecule has 0 fully saturated rings. The van der Waals surface area contributed by atoms with Crippen LogP contribution in [0, 0.1) is 0 Å². The van der Waals surface area contributed by atoms with Crippen LogP contribution in [0.1, 0.15) is 54.9 Å². The van der Waals surface area contributed by atoms with Gasteiger partial charge in [0.1, 0.15) is 0 Å². The molecule has 0 saturated heterocycles. The number of benzene rings is 1. The van der Waals surface area contributed by atoms with E-state index in [1.54, 1.807) is 0 Å². The summed E-state index contributed by atoms with van der Waals surface area (Å²) in [7, 11) is 0. The summed E-state index contributed by atoms with van der Waals surface area (Å²) in [4.78, 5) is 19.0. The van der Waals surface area contributed by atoms with E-state index in [9.17, 15) is 4.79 Å². The Morgan fingerprint density at radius 1 is 1.29 bits per heavy atom. The third kappa shape index (κ3) is 3.70. The minimum atomic E-state index is 0.263. The van der Waals surface area contributed by atoms with E-state index in [2.05, 4.69) is 37.8 Å². The van der Waals surface area contributed by atoms with Gasteiger partial charge in [0, 0.05) is 12.2 Å². The molecule has 0 aliphatic rings. The second kappa shape index (κ2) is 7.36. The van der Waals surface area contributed by atoms with E-state index in [-0.39, 0.29) is 5.92 Å². The molecule has 0 spiro atoms. The molecule has 3 nitrogen and oxygen atoms in total. The first-order valence-electron chi connectivity index (χ1n) is 7.45. The molecule has 0 bridgehead atoms. The first kappa shape index (κ1) is 15.7. The maximum Gasteiger partial charge on any atom is 0.190 e. The lowest BCUT2D eigenvalue weighted by molar-refractivity contribution is 0.112. The molecule has 4 heteroatoms. The van der Waals surface area contributed by atoms with Crippen LogP contribution in [0.25, 0.3) is 0 Å². The molecule has 2 aromatic rings. The zero-order valence-electron chi connectivity index (χ0n) is 12.9. The molecule has 0 amide bonds. The maximum absolute atomic E-state index is 11.3. The zero-order chi connectivity index (χ0) is 15.2. The van der Waals surface area contributed by atoms with Gasteiger partial charge in [0.25, 0.3) is 0 Å². The van der Waals surface area contributed by atoms with Crippen molar-refractivity contribution in [1.29, 1.82) is 0 Å². The Bertz CT molecular complexity index is 578. The minimum Gasteiger partial charge on any atom is -0.318 e. The molecule has 2 rings (SSSR count). The van der Waals surface area contributed by atoms with Crippen LogP contribution in [0.3, 0.4) is 0 Å². The largest absolute Gasteiger partial charge is 0.318 e. The van der Waals surface area contributed by atoms with Crippen molar-refractivity contribution in [3.8, 4) is 0 Å². The molecule has 0 aliphatic heterocycles. The van der Waals surface area contributed by atoms with Gasteiger partial charge in [-0.15, -0.1) is 0 Å². The number of thiazole rings is 1. The van der Waals surface area contributed by atoms with Gasteiger partial charge in [-0.2, -0.15) is 0 Å². The first-order valence-corrected chi connectivity index (χ1v) is 8.27. The van der Waals surface area contributed by atoms with Gasteiger partial charge in [0.05, 0.1) is 10.6 Å². The van der Waals surface area contributed by atoms with Gasteiger partial charge in [0.15, 0.2) is 11.4 Å². The number of carbonyl (C=O) groups is 1. The summed E-state index contributed by atoms with van der Waals surface area (Å²) in [5, 5.41) is 0.917.